The lowest BCUT2D eigenvalue weighted by molar-refractivity contribution is -0.131. The van der Waals surface area contributed by atoms with Crippen molar-refractivity contribution in [2.75, 3.05) is 20.3 Å². The summed E-state index contributed by atoms with van der Waals surface area (Å²) >= 11 is 0. The van der Waals surface area contributed by atoms with Gasteiger partial charge in [-0.3, -0.25) is 4.79 Å². The van der Waals surface area contributed by atoms with Crippen LogP contribution in [-0.4, -0.2) is 36.7 Å². The summed E-state index contributed by atoms with van der Waals surface area (Å²) in [5.41, 5.74) is -1.19. The lowest BCUT2D eigenvalue weighted by Crippen LogP contribution is -2.32. The fourth-order valence-electron chi connectivity index (χ4n) is 3.56. The van der Waals surface area contributed by atoms with Crippen LogP contribution in [0, 0.1) is 23.3 Å². The van der Waals surface area contributed by atoms with Crippen molar-refractivity contribution < 1.29 is 31.8 Å². The van der Waals surface area contributed by atoms with Gasteiger partial charge in [-0.1, -0.05) is 0 Å². The Hall–Kier alpha value is -1.83. The highest BCUT2D eigenvalue weighted by Crippen LogP contribution is 2.37. The topological polar surface area (TPSA) is 38.8 Å². The van der Waals surface area contributed by atoms with E-state index in [0.29, 0.717) is 19.4 Å². The summed E-state index contributed by atoms with van der Waals surface area (Å²) < 4.78 is 66.1. The average molecular weight is 361 g/mol. The van der Waals surface area contributed by atoms with E-state index in [1.807, 2.05) is 0 Å². The number of benzene rings is 1. The zero-order valence-electron chi connectivity index (χ0n) is 13.8. The van der Waals surface area contributed by atoms with Crippen molar-refractivity contribution in [3.63, 3.8) is 0 Å². The fourth-order valence-corrected chi connectivity index (χ4v) is 3.56. The number of hydrogen-bond acceptors (Lipinski definition) is 3. The van der Waals surface area contributed by atoms with Crippen LogP contribution >= 0.6 is 0 Å². The van der Waals surface area contributed by atoms with Gasteiger partial charge in [0, 0.05) is 25.1 Å². The number of amides is 1. The molecule has 1 atom stereocenters. The number of hydrogen-bond donors (Lipinski definition) is 0. The van der Waals surface area contributed by atoms with Gasteiger partial charge in [-0.25, -0.2) is 8.78 Å². The molecule has 0 bridgehead atoms. The van der Waals surface area contributed by atoms with Crippen LogP contribution in [0.4, 0.5) is 17.6 Å². The first-order valence-corrected chi connectivity index (χ1v) is 8.19. The zero-order chi connectivity index (χ0) is 18.2. The first kappa shape index (κ1) is 18.0. The summed E-state index contributed by atoms with van der Waals surface area (Å²) in [7, 11) is 0.916. The molecule has 3 rings (SSSR count). The van der Waals surface area contributed by atoms with E-state index in [-0.39, 0.29) is 24.5 Å². The van der Waals surface area contributed by atoms with Gasteiger partial charge in [0.2, 0.25) is 17.5 Å². The molecule has 2 aliphatic heterocycles. The van der Waals surface area contributed by atoms with Crippen molar-refractivity contribution >= 4 is 5.91 Å². The molecular formula is C17H19F4NO3. The Labute approximate surface area is 142 Å². The van der Waals surface area contributed by atoms with Crippen LogP contribution in [-0.2, 0) is 16.1 Å². The van der Waals surface area contributed by atoms with Crippen molar-refractivity contribution in [1.29, 1.82) is 0 Å². The molecule has 1 aromatic rings. The zero-order valence-corrected chi connectivity index (χ0v) is 13.8. The molecule has 0 radical (unpaired) electrons. The predicted molar refractivity (Wildman–Crippen MR) is 80.0 cm³/mol. The molecule has 138 valence electrons. The first-order valence-electron chi connectivity index (χ1n) is 8.19. The van der Waals surface area contributed by atoms with Crippen molar-refractivity contribution in [2.24, 2.45) is 0 Å². The quantitative estimate of drug-likeness (QED) is 0.612. The van der Waals surface area contributed by atoms with E-state index >= 15 is 0 Å². The van der Waals surface area contributed by atoms with E-state index in [0.717, 1.165) is 20.0 Å². The Kier molecular flexibility index (Phi) is 4.90. The van der Waals surface area contributed by atoms with Gasteiger partial charge in [-0.15, -0.1) is 0 Å². The molecule has 0 aromatic heterocycles. The number of halogens is 4. The number of methoxy groups -OCH3 is 1. The van der Waals surface area contributed by atoms with Crippen LogP contribution in [0.3, 0.4) is 0 Å². The minimum atomic E-state index is -1.60. The maximum Gasteiger partial charge on any atom is 0.222 e. The van der Waals surface area contributed by atoms with Crippen molar-refractivity contribution in [3.05, 3.63) is 28.8 Å². The van der Waals surface area contributed by atoms with Crippen LogP contribution < -0.4 is 4.74 Å². The molecule has 8 heteroatoms. The number of rotatable bonds is 3. The summed E-state index contributed by atoms with van der Waals surface area (Å²) in [5.74, 6) is -7.72. The second-order valence-electron chi connectivity index (χ2n) is 6.47. The molecule has 2 aliphatic rings. The summed E-state index contributed by atoms with van der Waals surface area (Å²) in [5, 5.41) is 0. The Bertz CT molecular complexity index is 660. The highest BCUT2D eigenvalue weighted by molar-refractivity contribution is 5.76. The normalized spacial score (nSPS) is 24.0. The van der Waals surface area contributed by atoms with Crippen LogP contribution in [0.1, 0.15) is 37.7 Å². The number of carbonyl (C=O) groups is 1. The Morgan fingerprint density at radius 2 is 1.76 bits per heavy atom. The van der Waals surface area contributed by atoms with Crippen molar-refractivity contribution in [2.45, 2.75) is 44.2 Å². The van der Waals surface area contributed by atoms with Crippen molar-refractivity contribution in [3.8, 4) is 5.75 Å². The molecule has 0 unspecified atom stereocenters. The van der Waals surface area contributed by atoms with E-state index in [4.69, 9.17) is 4.74 Å². The van der Waals surface area contributed by atoms with Crippen LogP contribution in [0.25, 0.3) is 0 Å². The van der Waals surface area contributed by atoms with Gasteiger partial charge in [-0.2, -0.15) is 8.78 Å². The van der Waals surface area contributed by atoms with Crippen LogP contribution in [0.2, 0.25) is 0 Å². The largest absolute Gasteiger partial charge is 0.491 e. The van der Waals surface area contributed by atoms with Gasteiger partial charge < -0.3 is 14.4 Å². The van der Waals surface area contributed by atoms with E-state index in [1.54, 1.807) is 0 Å². The van der Waals surface area contributed by atoms with Gasteiger partial charge in [0.15, 0.2) is 17.4 Å². The fraction of sp³-hybridized carbons (Fsp3) is 0.588. The molecule has 1 spiro atoms. The molecule has 4 nitrogen and oxygen atoms in total. The molecule has 0 N–H and O–H groups in total. The Balaban J connectivity index is 1.85. The third kappa shape index (κ3) is 3.19. The molecule has 2 heterocycles. The van der Waals surface area contributed by atoms with Crippen LogP contribution in [0.15, 0.2) is 0 Å². The molecule has 1 aromatic carbocycles. The molecule has 25 heavy (non-hydrogen) atoms. The number of ether oxygens (including phenoxy) is 2. The Morgan fingerprint density at radius 1 is 1.08 bits per heavy atom. The summed E-state index contributed by atoms with van der Waals surface area (Å²) in [6.07, 6.45) is 2.99. The molecule has 0 aliphatic carbocycles. The first-order chi connectivity index (χ1) is 11.9. The lowest BCUT2D eigenvalue weighted by Gasteiger charge is -2.27. The summed E-state index contributed by atoms with van der Waals surface area (Å²) in [4.78, 5) is 13.5. The standard InChI is InChI=1S/C17H19F4NO3/c1-24-16-14(20)12(18)10(13(19)15(16)21)9-22-7-6-17(4-2-8-25-17)5-3-11(22)23/h2-9H2,1H3/t17-/m1/s1. The van der Waals surface area contributed by atoms with Crippen molar-refractivity contribution in [1.82, 2.24) is 4.90 Å². The average Bonchev–Trinajstić information content (AvgIpc) is 3.01. The van der Waals surface area contributed by atoms with Gasteiger partial charge in [0.1, 0.15) is 0 Å². The highest BCUT2D eigenvalue weighted by atomic mass is 19.2. The molecular weight excluding hydrogens is 342 g/mol. The molecule has 2 saturated heterocycles. The smallest absolute Gasteiger partial charge is 0.222 e. The van der Waals surface area contributed by atoms with Gasteiger partial charge in [0.05, 0.1) is 19.3 Å². The minimum Gasteiger partial charge on any atom is -0.491 e. The lowest BCUT2D eigenvalue weighted by atomic mass is 9.92. The van der Waals surface area contributed by atoms with Gasteiger partial charge in [0.25, 0.3) is 0 Å². The molecule has 1 amide bonds. The van der Waals surface area contributed by atoms with Gasteiger partial charge >= 0.3 is 0 Å². The third-order valence-electron chi connectivity index (χ3n) is 5.04. The number of likely N-dealkylation sites (tertiary alicyclic amines) is 1. The van der Waals surface area contributed by atoms with E-state index < -0.39 is 41.1 Å². The summed E-state index contributed by atoms with van der Waals surface area (Å²) in [6, 6.07) is 0. The second kappa shape index (κ2) is 6.82. The SMILES string of the molecule is COc1c(F)c(F)c(CN2CC[C@@]3(CCCO3)CCC2=O)c(F)c1F. The van der Waals surface area contributed by atoms with E-state index in [9.17, 15) is 22.4 Å². The molecule has 2 fully saturated rings. The van der Waals surface area contributed by atoms with Crippen LogP contribution in [0.5, 0.6) is 5.75 Å². The number of nitrogens with zero attached hydrogens (tertiary/aromatic N) is 1. The summed E-state index contributed by atoms with van der Waals surface area (Å²) in [6.45, 7) is 0.309. The van der Waals surface area contributed by atoms with E-state index in [2.05, 4.69) is 4.74 Å². The Morgan fingerprint density at radius 3 is 2.32 bits per heavy atom. The predicted octanol–water partition coefficient (Wildman–Crippen LogP) is 3.31. The third-order valence-corrected chi connectivity index (χ3v) is 5.04. The maximum atomic E-state index is 14.1. The minimum absolute atomic E-state index is 0.171. The van der Waals surface area contributed by atoms with E-state index in [1.165, 1.54) is 4.90 Å². The monoisotopic (exact) mass is 361 g/mol. The van der Waals surface area contributed by atoms with Gasteiger partial charge in [-0.05, 0) is 25.7 Å². The maximum absolute atomic E-state index is 14.1. The molecule has 0 saturated carbocycles. The highest BCUT2D eigenvalue weighted by Gasteiger charge is 2.39. The second-order valence-corrected chi connectivity index (χ2v) is 6.47. The number of carbonyl (C=O) groups excluding carboxylic acids is 1.